The molecule has 116 valence electrons. The highest BCUT2D eigenvalue weighted by molar-refractivity contribution is 6.09. The monoisotopic (exact) mass is 310 g/mol. The Balaban J connectivity index is 2.14. The lowest BCUT2D eigenvalue weighted by Crippen LogP contribution is -2.24. The Morgan fingerprint density at radius 3 is 2.41 bits per heavy atom. The molecule has 5 nitrogen and oxygen atoms in total. The molecule has 22 heavy (non-hydrogen) atoms. The number of nitrogen functional groups attached to an aromatic ring is 1. The molecule has 0 saturated carbocycles. The van der Waals surface area contributed by atoms with Gasteiger partial charge in [0.05, 0.1) is 6.42 Å². The van der Waals surface area contributed by atoms with E-state index in [-0.39, 0.29) is 22.6 Å². The number of nitrogens with one attached hydrogen (secondary N) is 3. The predicted molar refractivity (Wildman–Crippen MR) is 78.1 cm³/mol. The maximum absolute atomic E-state index is 12.3. The van der Waals surface area contributed by atoms with E-state index in [1.807, 2.05) is 0 Å². The van der Waals surface area contributed by atoms with Gasteiger partial charge >= 0.3 is 6.18 Å². The summed E-state index contributed by atoms with van der Waals surface area (Å²) in [6.07, 6.45) is -3.93. The summed E-state index contributed by atoms with van der Waals surface area (Å²) in [5.41, 5.74) is 5.73. The van der Waals surface area contributed by atoms with Crippen molar-refractivity contribution in [1.29, 1.82) is 5.41 Å². The highest BCUT2D eigenvalue weighted by atomic mass is 19.4. The highest BCUT2D eigenvalue weighted by Gasteiger charge is 2.27. The molecule has 2 aromatic rings. The van der Waals surface area contributed by atoms with Gasteiger partial charge < -0.3 is 16.0 Å². The van der Waals surface area contributed by atoms with Crippen LogP contribution in [0.15, 0.2) is 41.3 Å². The molecule has 5 N–H and O–H groups in total. The number of hydrogen-bond donors (Lipinski definition) is 4. The number of benzene rings is 1. The maximum Gasteiger partial charge on any atom is 0.393 e. The average Bonchev–Trinajstić information content (AvgIpc) is 2.39. The van der Waals surface area contributed by atoms with Crippen LogP contribution in [0.3, 0.4) is 0 Å². The second kappa shape index (κ2) is 5.92. The molecule has 0 aliphatic heterocycles. The van der Waals surface area contributed by atoms with Gasteiger partial charge in [-0.2, -0.15) is 13.2 Å². The molecule has 0 bridgehead atoms. The maximum atomic E-state index is 12.3. The second-order valence-corrected chi connectivity index (χ2v) is 4.63. The van der Waals surface area contributed by atoms with Crippen LogP contribution in [-0.4, -0.2) is 17.0 Å². The lowest BCUT2D eigenvalue weighted by atomic mass is 10.1. The third kappa shape index (κ3) is 3.87. The van der Waals surface area contributed by atoms with Gasteiger partial charge in [0.2, 0.25) is 0 Å². The largest absolute Gasteiger partial charge is 0.398 e. The van der Waals surface area contributed by atoms with Crippen molar-refractivity contribution in [1.82, 2.24) is 4.98 Å². The summed E-state index contributed by atoms with van der Waals surface area (Å²) in [7, 11) is 0. The van der Waals surface area contributed by atoms with Crippen LogP contribution >= 0.6 is 0 Å². The van der Waals surface area contributed by atoms with Crippen LogP contribution in [0.1, 0.15) is 11.1 Å². The van der Waals surface area contributed by atoms with Gasteiger partial charge in [0.1, 0.15) is 11.4 Å². The predicted octanol–water partition coefficient (Wildman–Crippen LogP) is 2.50. The number of nitrogens with two attached hydrogens (primary N) is 1. The fourth-order valence-corrected chi connectivity index (χ4v) is 1.90. The molecule has 1 heterocycles. The van der Waals surface area contributed by atoms with Gasteiger partial charge in [0.15, 0.2) is 0 Å². The fourth-order valence-electron chi connectivity index (χ4n) is 1.90. The van der Waals surface area contributed by atoms with Crippen molar-refractivity contribution in [3.63, 3.8) is 0 Å². The van der Waals surface area contributed by atoms with E-state index < -0.39 is 18.2 Å². The van der Waals surface area contributed by atoms with Crippen molar-refractivity contribution >= 4 is 17.2 Å². The Labute approximate surface area is 123 Å². The number of H-pyrrole nitrogens is 1. The van der Waals surface area contributed by atoms with Gasteiger partial charge in [0, 0.05) is 17.6 Å². The molecule has 0 aliphatic carbocycles. The summed E-state index contributed by atoms with van der Waals surface area (Å²) in [6, 6.07) is 6.87. The Morgan fingerprint density at radius 2 is 1.86 bits per heavy atom. The molecular weight excluding hydrogens is 297 g/mol. The SMILES string of the molecule is N=C(Nc1ccc(CC(F)(F)F)cc1)c1c(N)cc[nH]c1=O. The van der Waals surface area contributed by atoms with E-state index >= 15 is 0 Å². The number of aromatic nitrogens is 1. The number of pyridine rings is 1. The van der Waals surface area contributed by atoms with E-state index in [1.54, 1.807) is 0 Å². The van der Waals surface area contributed by atoms with Gasteiger partial charge in [-0.25, -0.2) is 0 Å². The minimum absolute atomic E-state index is 0.0260. The molecule has 0 unspecified atom stereocenters. The van der Waals surface area contributed by atoms with Crippen LogP contribution in [0.4, 0.5) is 24.5 Å². The van der Waals surface area contributed by atoms with Crippen molar-refractivity contribution in [2.75, 3.05) is 11.1 Å². The van der Waals surface area contributed by atoms with E-state index in [4.69, 9.17) is 11.1 Å². The first-order valence-corrected chi connectivity index (χ1v) is 6.25. The van der Waals surface area contributed by atoms with E-state index in [1.165, 1.54) is 36.5 Å². The van der Waals surface area contributed by atoms with Crippen LogP contribution < -0.4 is 16.6 Å². The third-order valence-corrected chi connectivity index (χ3v) is 2.87. The minimum Gasteiger partial charge on any atom is -0.398 e. The van der Waals surface area contributed by atoms with Crippen LogP contribution in [0, 0.1) is 5.41 Å². The lowest BCUT2D eigenvalue weighted by molar-refractivity contribution is -0.127. The van der Waals surface area contributed by atoms with Crippen LogP contribution in [-0.2, 0) is 6.42 Å². The molecule has 8 heteroatoms. The zero-order chi connectivity index (χ0) is 16.3. The van der Waals surface area contributed by atoms with Crippen molar-refractivity contribution in [3.8, 4) is 0 Å². The van der Waals surface area contributed by atoms with E-state index in [9.17, 15) is 18.0 Å². The average molecular weight is 310 g/mol. The summed E-state index contributed by atoms with van der Waals surface area (Å²) >= 11 is 0. The smallest absolute Gasteiger partial charge is 0.393 e. The topological polar surface area (TPSA) is 94.8 Å². The molecule has 1 aromatic carbocycles. The van der Waals surface area contributed by atoms with Gasteiger partial charge in [0.25, 0.3) is 5.56 Å². The molecule has 0 saturated heterocycles. The molecule has 0 spiro atoms. The quantitative estimate of drug-likeness (QED) is 0.518. The fraction of sp³-hybridized carbons (Fsp3) is 0.143. The Hall–Kier alpha value is -2.77. The van der Waals surface area contributed by atoms with Gasteiger partial charge in [-0.05, 0) is 23.8 Å². The van der Waals surface area contributed by atoms with Crippen molar-refractivity contribution < 1.29 is 13.2 Å². The van der Waals surface area contributed by atoms with Crippen molar-refractivity contribution in [2.24, 2.45) is 0 Å². The zero-order valence-corrected chi connectivity index (χ0v) is 11.3. The molecule has 0 atom stereocenters. The second-order valence-electron chi connectivity index (χ2n) is 4.63. The van der Waals surface area contributed by atoms with Gasteiger partial charge in [-0.1, -0.05) is 12.1 Å². The Morgan fingerprint density at radius 1 is 1.23 bits per heavy atom. The third-order valence-electron chi connectivity index (χ3n) is 2.87. The normalized spacial score (nSPS) is 11.2. The van der Waals surface area contributed by atoms with Gasteiger partial charge in [-0.15, -0.1) is 0 Å². The first-order valence-electron chi connectivity index (χ1n) is 6.25. The van der Waals surface area contributed by atoms with E-state index in [2.05, 4.69) is 10.3 Å². The Bertz CT molecular complexity index is 735. The molecule has 0 fully saturated rings. The number of alkyl halides is 3. The van der Waals surface area contributed by atoms with E-state index in [0.717, 1.165) is 0 Å². The minimum atomic E-state index is -4.27. The molecule has 0 aliphatic rings. The van der Waals surface area contributed by atoms with E-state index in [0.29, 0.717) is 5.69 Å². The summed E-state index contributed by atoms with van der Waals surface area (Å²) < 4.78 is 36.8. The number of rotatable bonds is 3. The number of hydrogen-bond acceptors (Lipinski definition) is 3. The molecular formula is C14H13F3N4O. The zero-order valence-electron chi connectivity index (χ0n) is 11.3. The van der Waals surface area contributed by atoms with Gasteiger partial charge in [-0.3, -0.25) is 10.2 Å². The highest BCUT2D eigenvalue weighted by Crippen LogP contribution is 2.22. The van der Waals surface area contributed by atoms with Crippen LogP contribution in [0.5, 0.6) is 0 Å². The standard InChI is InChI=1S/C14H13F3N4O/c15-14(16,17)7-8-1-3-9(4-2-8)21-12(19)11-10(18)5-6-20-13(11)22/h1-6H,7H2,(H2,19,21)(H3,18,20,22). The molecule has 0 amide bonds. The number of amidine groups is 1. The summed E-state index contributed by atoms with van der Waals surface area (Å²) in [4.78, 5) is 14.0. The van der Waals surface area contributed by atoms with Crippen molar-refractivity contribution in [2.45, 2.75) is 12.6 Å². The molecule has 0 radical (unpaired) electrons. The number of halogens is 3. The van der Waals surface area contributed by atoms with Crippen LogP contribution in [0.2, 0.25) is 0 Å². The molecule has 1 aromatic heterocycles. The first-order chi connectivity index (χ1) is 10.3. The summed E-state index contributed by atoms with van der Waals surface area (Å²) in [5, 5.41) is 10.5. The summed E-state index contributed by atoms with van der Waals surface area (Å²) in [5.74, 6) is -0.233. The molecule has 2 rings (SSSR count). The van der Waals surface area contributed by atoms with Crippen LogP contribution in [0.25, 0.3) is 0 Å². The Kier molecular flexibility index (Phi) is 4.20. The first kappa shape index (κ1) is 15.6. The number of anilines is 2. The number of aromatic amines is 1. The summed E-state index contributed by atoms with van der Waals surface area (Å²) in [6.45, 7) is 0. The van der Waals surface area contributed by atoms with Crippen molar-refractivity contribution in [3.05, 3.63) is 58.0 Å². The lowest BCUT2D eigenvalue weighted by Gasteiger charge is -2.10.